The lowest BCUT2D eigenvalue weighted by Crippen LogP contribution is -2.35. The molecule has 0 bridgehead atoms. The van der Waals surface area contributed by atoms with Crippen LogP contribution in [0.3, 0.4) is 0 Å². The monoisotopic (exact) mass is 340 g/mol. The van der Waals surface area contributed by atoms with E-state index in [2.05, 4.69) is 40.9 Å². The predicted molar refractivity (Wildman–Crippen MR) is 99.0 cm³/mol. The second-order valence-electron chi connectivity index (χ2n) is 7.09. The van der Waals surface area contributed by atoms with Gasteiger partial charge in [-0.15, -0.1) is 0 Å². The molecule has 134 valence electrons. The predicted octanol–water partition coefficient (Wildman–Crippen LogP) is 2.57. The highest BCUT2D eigenvalue weighted by Crippen LogP contribution is 2.22. The molecule has 2 atom stereocenters. The number of rotatable bonds is 7. The number of nitrogens with zero attached hydrogens (tertiary/aromatic N) is 2. The highest BCUT2D eigenvalue weighted by Gasteiger charge is 2.21. The molecular formula is C20H28N4O. The van der Waals surface area contributed by atoms with Crippen molar-refractivity contribution < 1.29 is 4.79 Å². The second-order valence-corrected chi connectivity index (χ2v) is 7.09. The number of piperidine rings is 1. The molecule has 3 rings (SSSR count). The molecule has 1 aromatic heterocycles. The first-order chi connectivity index (χ1) is 12.2. The number of amides is 1. The molecule has 1 aromatic carbocycles. The van der Waals surface area contributed by atoms with Crippen molar-refractivity contribution in [1.29, 1.82) is 0 Å². The molecule has 0 aliphatic carbocycles. The van der Waals surface area contributed by atoms with E-state index in [1.165, 1.54) is 18.4 Å². The Morgan fingerprint density at radius 1 is 1.40 bits per heavy atom. The molecule has 2 N–H and O–H groups in total. The summed E-state index contributed by atoms with van der Waals surface area (Å²) in [4.78, 5) is 12.3. The van der Waals surface area contributed by atoms with Crippen LogP contribution in [0, 0.1) is 11.8 Å². The number of benzene rings is 1. The highest BCUT2D eigenvalue weighted by molar-refractivity contribution is 5.76. The summed E-state index contributed by atoms with van der Waals surface area (Å²) in [7, 11) is 0. The summed E-state index contributed by atoms with van der Waals surface area (Å²) in [5.41, 5.74) is 2.32. The van der Waals surface area contributed by atoms with Gasteiger partial charge in [-0.3, -0.25) is 9.48 Å². The van der Waals surface area contributed by atoms with Crippen LogP contribution in [0.5, 0.6) is 0 Å². The van der Waals surface area contributed by atoms with Gasteiger partial charge >= 0.3 is 0 Å². The largest absolute Gasteiger partial charge is 0.352 e. The minimum absolute atomic E-state index is 0.149. The third-order valence-corrected chi connectivity index (χ3v) is 5.03. The summed E-state index contributed by atoms with van der Waals surface area (Å²) < 4.78 is 1.90. The summed E-state index contributed by atoms with van der Waals surface area (Å²) >= 11 is 0. The minimum Gasteiger partial charge on any atom is -0.352 e. The van der Waals surface area contributed by atoms with E-state index in [4.69, 9.17) is 0 Å². The summed E-state index contributed by atoms with van der Waals surface area (Å²) in [6.45, 7) is 5.69. The van der Waals surface area contributed by atoms with E-state index in [0.29, 0.717) is 24.8 Å². The van der Waals surface area contributed by atoms with Gasteiger partial charge in [-0.1, -0.05) is 31.2 Å². The number of hydrogen-bond acceptors (Lipinski definition) is 3. The van der Waals surface area contributed by atoms with E-state index in [1.807, 2.05) is 23.0 Å². The molecule has 5 nitrogen and oxygen atoms in total. The van der Waals surface area contributed by atoms with Crippen molar-refractivity contribution in [2.75, 3.05) is 13.1 Å². The summed E-state index contributed by atoms with van der Waals surface area (Å²) in [5.74, 6) is 1.20. The molecule has 1 fully saturated rings. The maximum Gasteiger partial charge on any atom is 0.220 e. The Balaban J connectivity index is 1.46. The molecular weight excluding hydrogens is 312 g/mol. The molecule has 5 heteroatoms. The van der Waals surface area contributed by atoms with Gasteiger partial charge in [0.05, 0.1) is 6.54 Å². The van der Waals surface area contributed by atoms with Gasteiger partial charge in [-0.25, -0.2) is 0 Å². The number of hydrogen-bond donors (Lipinski definition) is 2. The first-order valence-electron chi connectivity index (χ1n) is 9.23. The molecule has 0 radical (unpaired) electrons. The third kappa shape index (κ3) is 5.43. The molecule has 1 saturated heterocycles. The molecule has 2 heterocycles. The van der Waals surface area contributed by atoms with Gasteiger partial charge < -0.3 is 10.6 Å². The Morgan fingerprint density at radius 3 is 3.04 bits per heavy atom. The smallest absolute Gasteiger partial charge is 0.220 e. The van der Waals surface area contributed by atoms with E-state index in [9.17, 15) is 4.79 Å². The van der Waals surface area contributed by atoms with Crippen LogP contribution in [-0.2, 0) is 17.9 Å². The molecule has 25 heavy (non-hydrogen) atoms. The summed E-state index contributed by atoms with van der Waals surface area (Å²) in [5, 5.41) is 10.7. The van der Waals surface area contributed by atoms with Crippen molar-refractivity contribution in [3.63, 3.8) is 0 Å². The molecule has 1 amide bonds. The molecule has 1 aliphatic rings. The first kappa shape index (κ1) is 17.7. The Kier molecular flexibility index (Phi) is 6.23. The average Bonchev–Trinajstić information content (AvgIpc) is 3.14. The van der Waals surface area contributed by atoms with E-state index >= 15 is 0 Å². The van der Waals surface area contributed by atoms with Gasteiger partial charge in [0.2, 0.25) is 5.91 Å². The number of carbonyl (C=O) groups excluding carboxylic acids is 1. The first-order valence-corrected chi connectivity index (χ1v) is 9.23. The van der Waals surface area contributed by atoms with Crippen molar-refractivity contribution in [3.05, 3.63) is 53.9 Å². The average molecular weight is 340 g/mol. The second kappa shape index (κ2) is 8.81. The molecule has 0 saturated carbocycles. The number of aromatic nitrogens is 2. The van der Waals surface area contributed by atoms with E-state index in [1.54, 1.807) is 6.20 Å². The van der Waals surface area contributed by atoms with Crippen LogP contribution in [0.2, 0.25) is 0 Å². The lowest BCUT2D eigenvalue weighted by atomic mass is 9.85. The van der Waals surface area contributed by atoms with Crippen molar-refractivity contribution in [1.82, 2.24) is 20.4 Å². The van der Waals surface area contributed by atoms with Crippen LogP contribution in [0.1, 0.15) is 37.3 Å². The van der Waals surface area contributed by atoms with Gasteiger partial charge in [-0.2, -0.15) is 5.10 Å². The molecule has 2 aromatic rings. The van der Waals surface area contributed by atoms with Gasteiger partial charge in [-0.05, 0) is 55.0 Å². The van der Waals surface area contributed by atoms with Crippen LogP contribution >= 0.6 is 0 Å². The zero-order valence-corrected chi connectivity index (χ0v) is 14.9. The molecule has 1 aliphatic heterocycles. The zero-order valence-electron chi connectivity index (χ0n) is 14.9. The van der Waals surface area contributed by atoms with Gasteiger partial charge in [0.25, 0.3) is 0 Å². The van der Waals surface area contributed by atoms with Crippen molar-refractivity contribution in [2.24, 2.45) is 11.8 Å². The van der Waals surface area contributed by atoms with Crippen LogP contribution < -0.4 is 10.6 Å². The lowest BCUT2D eigenvalue weighted by molar-refractivity contribution is -0.122. The zero-order chi connectivity index (χ0) is 17.5. The van der Waals surface area contributed by atoms with Crippen LogP contribution in [0.4, 0.5) is 0 Å². The maximum atomic E-state index is 12.3. The standard InChI is InChI=1S/C20H28N4O/c1-16(19-7-3-8-21-14-19)11-20(25)22-13-17-5-2-6-18(12-17)15-24-10-4-9-23-24/h2,4-6,9-10,12,16,19,21H,3,7-8,11,13-15H2,1H3,(H,22,25). The Hall–Kier alpha value is -2.14. The Bertz CT molecular complexity index is 662. The van der Waals surface area contributed by atoms with E-state index < -0.39 is 0 Å². The topological polar surface area (TPSA) is 59.0 Å². The quantitative estimate of drug-likeness (QED) is 0.814. The number of nitrogens with one attached hydrogen (secondary N) is 2. The van der Waals surface area contributed by atoms with Crippen LogP contribution in [-0.4, -0.2) is 28.8 Å². The fraction of sp³-hybridized carbons (Fsp3) is 0.500. The minimum atomic E-state index is 0.149. The Morgan fingerprint density at radius 2 is 2.28 bits per heavy atom. The molecule has 2 unspecified atom stereocenters. The van der Waals surface area contributed by atoms with Crippen LogP contribution in [0.15, 0.2) is 42.7 Å². The van der Waals surface area contributed by atoms with Crippen LogP contribution in [0.25, 0.3) is 0 Å². The van der Waals surface area contributed by atoms with E-state index in [0.717, 1.165) is 25.2 Å². The van der Waals surface area contributed by atoms with Crippen molar-refractivity contribution >= 4 is 5.91 Å². The highest BCUT2D eigenvalue weighted by atomic mass is 16.1. The fourth-order valence-corrected chi connectivity index (χ4v) is 3.52. The fourth-order valence-electron chi connectivity index (χ4n) is 3.52. The Labute approximate surface area is 149 Å². The van der Waals surface area contributed by atoms with Crippen molar-refractivity contribution in [2.45, 2.75) is 39.3 Å². The van der Waals surface area contributed by atoms with Gasteiger partial charge in [0.1, 0.15) is 0 Å². The third-order valence-electron chi connectivity index (χ3n) is 5.03. The SMILES string of the molecule is CC(CC(=O)NCc1cccc(Cn2cccn2)c1)C1CCCNC1. The lowest BCUT2D eigenvalue weighted by Gasteiger charge is -2.28. The van der Waals surface area contributed by atoms with Crippen molar-refractivity contribution in [3.8, 4) is 0 Å². The van der Waals surface area contributed by atoms with Gasteiger partial charge in [0.15, 0.2) is 0 Å². The normalized spacial score (nSPS) is 18.7. The number of carbonyl (C=O) groups is 1. The summed E-state index contributed by atoms with van der Waals surface area (Å²) in [6, 6.07) is 10.2. The van der Waals surface area contributed by atoms with E-state index in [-0.39, 0.29) is 5.91 Å². The maximum absolute atomic E-state index is 12.3. The van der Waals surface area contributed by atoms with Gasteiger partial charge in [0, 0.05) is 25.4 Å². The molecule has 0 spiro atoms. The summed E-state index contributed by atoms with van der Waals surface area (Å²) in [6.07, 6.45) is 6.80.